The van der Waals surface area contributed by atoms with Crippen LogP contribution < -0.4 is 14.8 Å². The number of rotatable bonds is 2. The molecule has 0 radical (unpaired) electrons. The summed E-state index contributed by atoms with van der Waals surface area (Å²) < 4.78 is 58.5. The largest absolute Gasteiger partial charge is 0.494 e. The van der Waals surface area contributed by atoms with Crippen molar-refractivity contribution in [3.63, 3.8) is 0 Å². The van der Waals surface area contributed by atoms with Crippen LogP contribution >= 0.6 is 0 Å². The first-order chi connectivity index (χ1) is 22.0. The Bertz CT molecular complexity index is 1880. The van der Waals surface area contributed by atoms with E-state index in [4.69, 9.17) is 19.4 Å². The fraction of sp³-hybridized carbons (Fsp3) is 0.303. The van der Waals surface area contributed by atoms with E-state index < -0.39 is 21.9 Å². The number of nitrogens with zero attached hydrogens (tertiary/aromatic N) is 3. The molecule has 2 N–H and O–H groups in total. The minimum absolute atomic E-state index is 0.0170. The van der Waals surface area contributed by atoms with E-state index in [0.29, 0.717) is 54.4 Å². The number of carbonyl (C=O) groups is 2. The van der Waals surface area contributed by atoms with Crippen LogP contribution in [0.4, 0.5) is 4.39 Å². The number of benzene rings is 3. The third-order valence-corrected chi connectivity index (χ3v) is 10.1. The van der Waals surface area contributed by atoms with Gasteiger partial charge < -0.3 is 19.9 Å². The molecule has 4 aromatic rings. The number of sulfonamides is 1. The van der Waals surface area contributed by atoms with Crippen LogP contribution in [0.2, 0.25) is 0 Å². The fourth-order valence-electron chi connectivity index (χ4n) is 5.87. The van der Waals surface area contributed by atoms with Gasteiger partial charge in [-0.25, -0.2) is 12.8 Å². The maximum atomic E-state index is 14.8. The maximum Gasteiger partial charge on any atom is 0.290 e. The van der Waals surface area contributed by atoms with E-state index in [2.05, 4.69) is 10.4 Å². The van der Waals surface area contributed by atoms with Gasteiger partial charge in [-0.05, 0) is 85.3 Å². The quantitative estimate of drug-likeness (QED) is 0.304. The molecule has 1 amide bonds. The Balaban J connectivity index is 0.00000134. The summed E-state index contributed by atoms with van der Waals surface area (Å²) in [6, 6.07) is 16.6. The molecule has 1 atom stereocenters. The molecule has 13 heteroatoms. The van der Waals surface area contributed by atoms with Crippen molar-refractivity contribution < 1.29 is 37.0 Å². The van der Waals surface area contributed by atoms with E-state index in [1.165, 1.54) is 16.4 Å². The van der Waals surface area contributed by atoms with Crippen molar-refractivity contribution in [3.05, 3.63) is 100 Å². The van der Waals surface area contributed by atoms with Gasteiger partial charge in [0.15, 0.2) is 11.6 Å². The van der Waals surface area contributed by atoms with E-state index >= 15 is 0 Å². The molecule has 3 aliphatic rings. The summed E-state index contributed by atoms with van der Waals surface area (Å²) in [4.78, 5) is 21.1. The van der Waals surface area contributed by atoms with Gasteiger partial charge in [0, 0.05) is 20.1 Å². The van der Waals surface area contributed by atoms with Gasteiger partial charge in [0.25, 0.3) is 6.47 Å². The second-order valence-electron chi connectivity index (χ2n) is 11.0. The number of carboxylic acid groups (broad SMARTS) is 1. The Morgan fingerprint density at radius 3 is 2.61 bits per heavy atom. The monoisotopic (exact) mass is 650 g/mol. The fourth-order valence-corrected chi connectivity index (χ4v) is 7.87. The number of halogens is 1. The number of hydrogen-bond donors (Lipinski definition) is 2. The van der Waals surface area contributed by atoms with Crippen LogP contribution in [-0.2, 0) is 39.5 Å². The first kappa shape index (κ1) is 32.6. The Labute approximate surface area is 266 Å². The molecule has 4 heterocycles. The van der Waals surface area contributed by atoms with Crippen molar-refractivity contribution >= 4 is 22.4 Å². The molecule has 1 unspecified atom stereocenters. The van der Waals surface area contributed by atoms with Gasteiger partial charge in [-0.3, -0.25) is 14.3 Å². The molecule has 7 rings (SSSR count). The summed E-state index contributed by atoms with van der Waals surface area (Å²) in [5, 5.41) is 14.1. The van der Waals surface area contributed by atoms with E-state index in [9.17, 15) is 17.6 Å². The van der Waals surface area contributed by atoms with Crippen LogP contribution in [0.1, 0.15) is 46.1 Å². The number of aryl methyl sites for hydroxylation is 2. The van der Waals surface area contributed by atoms with Gasteiger partial charge in [0.1, 0.15) is 16.4 Å². The molecule has 0 spiro atoms. The molecule has 0 aliphatic carbocycles. The second-order valence-corrected chi connectivity index (χ2v) is 12.9. The lowest BCUT2D eigenvalue weighted by Gasteiger charge is -2.37. The summed E-state index contributed by atoms with van der Waals surface area (Å²) in [6.07, 6.45) is 1.09. The first-order valence-corrected chi connectivity index (χ1v) is 16.2. The molecular weight excluding hydrogens is 615 g/mol. The molecule has 3 aliphatic heterocycles. The normalized spacial score (nSPS) is 16.8. The summed E-state index contributed by atoms with van der Waals surface area (Å²) >= 11 is 0. The molecule has 242 valence electrons. The molecule has 46 heavy (non-hydrogen) atoms. The van der Waals surface area contributed by atoms with Gasteiger partial charge in [-0.15, -0.1) is 0 Å². The summed E-state index contributed by atoms with van der Waals surface area (Å²) in [7, 11) is -2.23. The van der Waals surface area contributed by atoms with E-state index in [0.717, 1.165) is 16.7 Å². The highest BCUT2D eigenvalue weighted by Crippen LogP contribution is 2.42. The Morgan fingerprint density at radius 2 is 1.87 bits per heavy atom. The zero-order valence-corrected chi connectivity index (χ0v) is 26.5. The highest BCUT2D eigenvalue weighted by Gasteiger charge is 2.40. The lowest BCUT2D eigenvalue weighted by Crippen LogP contribution is -2.41. The van der Waals surface area contributed by atoms with Crippen molar-refractivity contribution in [1.29, 1.82) is 0 Å². The molecule has 0 fully saturated rings. The number of nitrogens with one attached hydrogen (secondary N) is 1. The van der Waals surface area contributed by atoms with Gasteiger partial charge >= 0.3 is 0 Å². The Morgan fingerprint density at radius 1 is 1.09 bits per heavy atom. The van der Waals surface area contributed by atoms with Crippen LogP contribution in [0.15, 0.2) is 65.6 Å². The van der Waals surface area contributed by atoms with Gasteiger partial charge in [0.05, 0.1) is 30.5 Å². The van der Waals surface area contributed by atoms with Crippen molar-refractivity contribution in [3.8, 4) is 17.2 Å². The molecule has 8 bridgehead atoms. The molecule has 1 aromatic heterocycles. The lowest BCUT2D eigenvalue weighted by atomic mass is 9.89. The Hall–Kier alpha value is -4.75. The summed E-state index contributed by atoms with van der Waals surface area (Å²) in [5.74, 6) is 0.315. The van der Waals surface area contributed by atoms with Crippen LogP contribution in [0.3, 0.4) is 0 Å². The van der Waals surface area contributed by atoms with E-state index in [1.807, 2.05) is 36.4 Å². The molecular formula is C33H35FN4O7S. The highest BCUT2D eigenvalue weighted by molar-refractivity contribution is 7.89. The lowest BCUT2D eigenvalue weighted by molar-refractivity contribution is -0.123. The standard InChI is InChI=1S/C32H33FN4O5S.CH2O2/c1-20-32(21(2)36(3)35-20)43(39,40)37-14-12-23-18-26-9-10-27(23)31(37)24-6-4-7-25(19-24)41-15-5-13-34-30(38)17-22-8-11-28(33)29(16-22)42-26;2-1-3/h4,6-11,16,18-19,31H,5,12-15,17H2,1-3H3,(H,34,38);1H,(H,2,3). The highest BCUT2D eigenvalue weighted by atomic mass is 32.2. The predicted octanol–water partition coefficient (Wildman–Crippen LogP) is 4.45. The van der Waals surface area contributed by atoms with Crippen molar-refractivity contribution in [2.75, 3.05) is 19.7 Å². The number of aromatic nitrogens is 2. The Kier molecular flexibility index (Phi) is 9.73. The summed E-state index contributed by atoms with van der Waals surface area (Å²) in [6.45, 7) is 4.21. The summed E-state index contributed by atoms with van der Waals surface area (Å²) in [5.41, 5.74) is 4.09. The first-order valence-electron chi connectivity index (χ1n) is 14.7. The molecule has 3 aromatic carbocycles. The topological polar surface area (TPSA) is 140 Å². The third kappa shape index (κ3) is 6.75. The zero-order chi connectivity index (χ0) is 33.0. The number of fused-ring (bicyclic) bond motifs is 7. The van der Waals surface area contributed by atoms with Crippen molar-refractivity contribution in [1.82, 2.24) is 19.4 Å². The van der Waals surface area contributed by atoms with Crippen LogP contribution in [0.5, 0.6) is 17.2 Å². The van der Waals surface area contributed by atoms with Gasteiger partial charge in [-0.1, -0.05) is 24.3 Å². The average molecular weight is 651 g/mol. The SMILES string of the molecule is Cc1nn(C)c(C)c1S(=O)(=O)N1CCc2cc3ccc2C1c1cccc(c1)OCCCNC(=O)Cc1ccc(F)c(c1)O3.O=CO. The smallest absolute Gasteiger partial charge is 0.290 e. The van der Waals surface area contributed by atoms with Gasteiger partial charge in [-0.2, -0.15) is 9.40 Å². The van der Waals surface area contributed by atoms with Crippen LogP contribution in [0.25, 0.3) is 0 Å². The average Bonchev–Trinajstić information content (AvgIpc) is 3.28. The van der Waals surface area contributed by atoms with Gasteiger partial charge in [0.2, 0.25) is 15.9 Å². The molecule has 0 saturated carbocycles. The maximum absolute atomic E-state index is 14.8. The third-order valence-electron chi connectivity index (χ3n) is 7.98. The number of ether oxygens (including phenoxy) is 2. The predicted molar refractivity (Wildman–Crippen MR) is 167 cm³/mol. The van der Waals surface area contributed by atoms with Crippen LogP contribution in [0, 0.1) is 19.7 Å². The van der Waals surface area contributed by atoms with Crippen molar-refractivity contribution in [2.45, 2.75) is 44.0 Å². The van der Waals surface area contributed by atoms with E-state index in [1.54, 1.807) is 37.7 Å². The molecule has 0 saturated heterocycles. The number of carbonyl (C=O) groups excluding carboxylic acids is 1. The second kappa shape index (κ2) is 13.7. The minimum atomic E-state index is -3.96. The van der Waals surface area contributed by atoms with Crippen molar-refractivity contribution in [2.24, 2.45) is 7.05 Å². The molecule has 11 nitrogen and oxygen atoms in total. The zero-order valence-electron chi connectivity index (χ0n) is 25.7. The van der Waals surface area contributed by atoms with Crippen LogP contribution in [-0.4, -0.2) is 59.7 Å². The minimum Gasteiger partial charge on any atom is -0.494 e. The van der Waals surface area contributed by atoms with E-state index in [-0.39, 0.29) is 36.0 Å². The number of hydrogen-bond acceptors (Lipinski definition) is 7. The number of amides is 1.